The second-order valence-corrected chi connectivity index (χ2v) is 9.06. The molecule has 3 heterocycles. The van der Waals surface area contributed by atoms with E-state index < -0.39 is 23.7 Å². The van der Waals surface area contributed by atoms with Crippen LogP contribution in [-0.4, -0.2) is 30.6 Å². The topological polar surface area (TPSA) is 113 Å². The molecule has 3 aromatic heterocycles. The van der Waals surface area contributed by atoms with E-state index in [-0.39, 0.29) is 13.1 Å². The predicted molar refractivity (Wildman–Crippen MR) is 138 cm³/mol. The summed E-state index contributed by atoms with van der Waals surface area (Å²) in [7, 11) is 0. The van der Waals surface area contributed by atoms with E-state index in [0.717, 1.165) is 38.3 Å². The third-order valence-electron chi connectivity index (χ3n) is 5.97. The third-order valence-corrected chi connectivity index (χ3v) is 5.97. The molecule has 0 aliphatic carbocycles. The number of nitrogens with zero attached hydrogens (tertiary/aromatic N) is 5. The van der Waals surface area contributed by atoms with E-state index in [0.29, 0.717) is 17.9 Å². The Bertz CT molecular complexity index is 1620. The molecule has 200 valence electrons. The quantitative estimate of drug-likeness (QED) is 0.306. The highest BCUT2D eigenvalue weighted by molar-refractivity contribution is 5.91. The fourth-order valence-corrected chi connectivity index (χ4v) is 4.10. The number of pyridine rings is 1. The Hall–Kier alpha value is -4.87. The number of carbonyl (C=O) groups excluding carboxylic acids is 1. The summed E-state index contributed by atoms with van der Waals surface area (Å²) in [6, 6.07) is 14.4. The monoisotopic (exact) mass is 535 g/mol. The van der Waals surface area contributed by atoms with Crippen molar-refractivity contribution in [3.8, 4) is 5.75 Å². The summed E-state index contributed by atoms with van der Waals surface area (Å²) in [5.41, 5.74) is 8.05. The van der Waals surface area contributed by atoms with Crippen molar-refractivity contribution in [1.29, 1.82) is 0 Å². The lowest BCUT2D eigenvalue weighted by molar-refractivity contribution is -0.142. The molecule has 0 unspecified atom stereocenters. The van der Waals surface area contributed by atoms with Gasteiger partial charge < -0.3 is 15.8 Å². The number of halogens is 3. The highest BCUT2D eigenvalue weighted by Gasteiger charge is 2.39. The number of amides is 1. The zero-order valence-corrected chi connectivity index (χ0v) is 20.8. The largest absolute Gasteiger partial charge is 0.438 e. The van der Waals surface area contributed by atoms with Gasteiger partial charge >= 0.3 is 12.3 Å². The summed E-state index contributed by atoms with van der Waals surface area (Å²) >= 11 is 0. The van der Waals surface area contributed by atoms with E-state index in [1.807, 2.05) is 25.3 Å². The van der Waals surface area contributed by atoms with Crippen molar-refractivity contribution >= 4 is 22.7 Å². The van der Waals surface area contributed by atoms with Gasteiger partial charge in [0.25, 0.3) is 0 Å². The maximum Gasteiger partial charge on any atom is 0.438 e. The van der Waals surface area contributed by atoms with Crippen molar-refractivity contribution in [1.82, 2.24) is 29.9 Å². The van der Waals surface area contributed by atoms with Crippen LogP contribution in [-0.2, 0) is 25.8 Å². The van der Waals surface area contributed by atoms with Crippen LogP contribution in [0.15, 0.2) is 73.3 Å². The molecule has 0 atom stereocenters. The van der Waals surface area contributed by atoms with Crippen molar-refractivity contribution in [2.24, 2.45) is 0 Å². The molecule has 0 saturated carbocycles. The van der Waals surface area contributed by atoms with E-state index in [9.17, 15) is 18.0 Å². The van der Waals surface area contributed by atoms with Gasteiger partial charge in [0, 0.05) is 24.3 Å². The number of rotatable bonds is 7. The first kappa shape index (κ1) is 25.8. The number of aryl methyl sites for hydroxylation is 1. The molecular formula is C27H24F3N7O2. The van der Waals surface area contributed by atoms with Crippen molar-refractivity contribution in [3.63, 3.8) is 0 Å². The molecule has 0 saturated heterocycles. The van der Waals surface area contributed by atoms with Crippen molar-refractivity contribution in [2.45, 2.75) is 32.7 Å². The first-order valence-corrected chi connectivity index (χ1v) is 11.9. The number of carbonyl (C=O) groups is 1. The summed E-state index contributed by atoms with van der Waals surface area (Å²) < 4.78 is 48.8. The van der Waals surface area contributed by atoms with Gasteiger partial charge in [-0.2, -0.15) is 23.4 Å². The van der Waals surface area contributed by atoms with Crippen LogP contribution >= 0.6 is 0 Å². The minimum Gasteiger partial charge on any atom is -0.406 e. The Morgan fingerprint density at radius 3 is 2.36 bits per heavy atom. The maximum absolute atomic E-state index is 13.6. The molecule has 39 heavy (non-hydrogen) atoms. The molecule has 12 heteroatoms. The van der Waals surface area contributed by atoms with Gasteiger partial charge in [0.05, 0.1) is 25.5 Å². The first-order valence-electron chi connectivity index (χ1n) is 11.9. The average Bonchev–Trinajstić information content (AvgIpc) is 3.49. The number of nitrogen functional groups attached to an aromatic ring is 1. The van der Waals surface area contributed by atoms with Crippen LogP contribution in [0.25, 0.3) is 10.8 Å². The van der Waals surface area contributed by atoms with Crippen molar-refractivity contribution in [2.75, 3.05) is 5.73 Å². The van der Waals surface area contributed by atoms with Crippen LogP contribution in [0.1, 0.15) is 27.9 Å². The number of aromatic nitrogens is 5. The fraction of sp³-hybridized carbons (Fsp3) is 0.185. The van der Waals surface area contributed by atoms with Gasteiger partial charge in [-0.3, -0.25) is 9.36 Å². The van der Waals surface area contributed by atoms with Gasteiger partial charge in [0.1, 0.15) is 5.82 Å². The Kier molecular flexibility index (Phi) is 6.92. The van der Waals surface area contributed by atoms with Crippen LogP contribution in [0, 0.1) is 6.92 Å². The molecule has 1 amide bonds. The molecule has 0 aliphatic heterocycles. The number of nitrogens with one attached hydrogen (secondary N) is 1. The fourth-order valence-electron chi connectivity index (χ4n) is 4.10. The number of alkyl halides is 3. The van der Waals surface area contributed by atoms with Crippen LogP contribution in [0.4, 0.5) is 23.8 Å². The SMILES string of the molecule is Cc1cnn(Cc2ccc(Cn3cc(OC(=O)NCc4ccc5c(N)nccc5c4)c(C(F)(F)F)n3)cc2)c1. The van der Waals surface area contributed by atoms with Crippen molar-refractivity contribution < 1.29 is 22.7 Å². The Labute approximate surface area is 221 Å². The van der Waals surface area contributed by atoms with Gasteiger partial charge in [0.2, 0.25) is 5.69 Å². The summed E-state index contributed by atoms with van der Waals surface area (Å²) in [6.45, 7) is 2.63. The molecule has 0 aliphatic rings. The standard InChI is InChI=1S/C27H24F3N7O2/c1-17-11-34-36(13-17)14-18-2-4-19(5-3-18)15-37-16-23(24(35-37)27(28,29)30)39-26(38)33-12-20-6-7-22-21(10-20)8-9-32-25(22)31/h2-11,13,16H,12,14-15H2,1H3,(H2,31,32)(H,33,38). The number of benzene rings is 2. The number of anilines is 1. The smallest absolute Gasteiger partial charge is 0.406 e. The number of hydrogen-bond acceptors (Lipinski definition) is 6. The van der Waals surface area contributed by atoms with Gasteiger partial charge in [-0.15, -0.1) is 0 Å². The summed E-state index contributed by atoms with van der Waals surface area (Å²) in [5, 5.41) is 11.9. The molecule has 0 bridgehead atoms. The van der Waals surface area contributed by atoms with Crippen LogP contribution < -0.4 is 15.8 Å². The molecular weight excluding hydrogens is 511 g/mol. The number of nitrogens with two attached hydrogens (primary N) is 1. The average molecular weight is 536 g/mol. The predicted octanol–water partition coefficient (Wildman–Crippen LogP) is 4.92. The lowest BCUT2D eigenvalue weighted by Gasteiger charge is -2.09. The van der Waals surface area contributed by atoms with E-state index in [4.69, 9.17) is 10.5 Å². The zero-order valence-electron chi connectivity index (χ0n) is 20.8. The molecule has 5 rings (SSSR count). The second kappa shape index (κ2) is 10.5. The van der Waals surface area contributed by atoms with E-state index in [1.165, 1.54) is 0 Å². The molecule has 0 fully saturated rings. The van der Waals surface area contributed by atoms with Gasteiger partial charge in [0.15, 0.2) is 5.75 Å². The molecule has 0 radical (unpaired) electrons. The Morgan fingerprint density at radius 2 is 1.69 bits per heavy atom. The van der Waals surface area contributed by atoms with Crippen molar-refractivity contribution in [3.05, 3.63) is 101 Å². The zero-order chi connectivity index (χ0) is 27.6. The molecule has 5 aromatic rings. The summed E-state index contributed by atoms with van der Waals surface area (Å²) in [5.74, 6) is -0.300. The van der Waals surface area contributed by atoms with Gasteiger partial charge in [-0.05, 0) is 46.7 Å². The Morgan fingerprint density at radius 1 is 1.00 bits per heavy atom. The number of ether oxygens (including phenoxy) is 1. The third kappa shape index (κ3) is 6.17. The normalized spacial score (nSPS) is 11.6. The highest BCUT2D eigenvalue weighted by atomic mass is 19.4. The lowest BCUT2D eigenvalue weighted by atomic mass is 10.1. The van der Waals surface area contributed by atoms with Gasteiger partial charge in [-0.25, -0.2) is 9.78 Å². The molecule has 0 spiro atoms. The lowest BCUT2D eigenvalue weighted by Crippen LogP contribution is -2.27. The first-order chi connectivity index (χ1) is 18.6. The number of fused-ring (bicyclic) bond motifs is 1. The minimum atomic E-state index is -4.81. The summed E-state index contributed by atoms with van der Waals surface area (Å²) in [4.78, 5) is 16.4. The highest BCUT2D eigenvalue weighted by Crippen LogP contribution is 2.35. The van der Waals surface area contributed by atoms with E-state index >= 15 is 0 Å². The molecule has 2 aromatic carbocycles. The maximum atomic E-state index is 13.6. The van der Waals surface area contributed by atoms with Crippen LogP contribution in [0.2, 0.25) is 0 Å². The van der Waals surface area contributed by atoms with E-state index in [1.54, 1.807) is 53.5 Å². The van der Waals surface area contributed by atoms with Crippen LogP contribution in [0.3, 0.4) is 0 Å². The van der Waals surface area contributed by atoms with Gasteiger partial charge in [-0.1, -0.05) is 36.4 Å². The molecule has 9 nitrogen and oxygen atoms in total. The summed E-state index contributed by atoms with van der Waals surface area (Å²) in [6.07, 6.45) is 0.475. The molecule has 3 N–H and O–H groups in total. The Balaban J connectivity index is 1.24. The van der Waals surface area contributed by atoms with E-state index in [2.05, 4.69) is 20.5 Å². The minimum absolute atomic E-state index is 0.0386. The van der Waals surface area contributed by atoms with Crippen LogP contribution in [0.5, 0.6) is 5.75 Å². The second-order valence-electron chi connectivity index (χ2n) is 9.06. The number of hydrogen-bond donors (Lipinski definition) is 2.